The van der Waals surface area contributed by atoms with Crippen molar-refractivity contribution in [1.29, 1.82) is 0 Å². The maximum Gasteiger partial charge on any atom is 0.271 e. The molecular weight excluding hydrogens is 296 g/mol. The Labute approximate surface area is 113 Å². The lowest BCUT2D eigenvalue weighted by molar-refractivity contribution is 0.0930. The number of nitrogens with one attached hydrogen (secondary N) is 1. The van der Waals surface area contributed by atoms with Gasteiger partial charge in [-0.25, -0.2) is 4.98 Å². The van der Waals surface area contributed by atoms with Crippen molar-refractivity contribution < 1.29 is 4.79 Å². The van der Waals surface area contributed by atoms with Crippen LogP contribution in [0, 0.1) is 0 Å². The average molecular weight is 309 g/mol. The van der Waals surface area contributed by atoms with Crippen LogP contribution in [0.5, 0.6) is 0 Å². The number of nitrogens with zero attached hydrogens (tertiary/aromatic N) is 3. The molecule has 2 heterocycles. The van der Waals surface area contributed by atoms with E-state index in [0.717, 1.165) is 0 Å². The Hall–Kier alpha value is -1.69. The molecule has 2 rings (SSSR count). The van der Waals surface area contributed by atoms with E-state index >= 15 is 0 Å². The summed E-state index contributed by atoms with van der Waals surface area (Å²) >= 11 is 3.31. The molecule has 0 radical (unpaired) electrons. The summed E-state index contributed by atoms with van der Waals surface area (Å²) in [6.07, 6.45) is 5.17. The standard InChI is InChI=1S/C12H13BrN4O/c1-9(8-17-7-3-6-15-17)16-12(18)11-10(13)4-2-5-14-11/h2-7,9H,8H2,1H3,(H,16,18). The zero-order valence-corrected chi connectivity index (χ0v) is 11.5. The predicted octanol–water partition coefficient (Wildman–Crippen LogP) is 1.86. The van der Waals surface area contributed by atoms with Gasteiger partial charge < -0.3 is 5.32 Å². The van der Waals surface area contributed by atoms with Gasteiger partial charge in [-0.05, 0) is 41.1 Å². The van der Waals surface area contributed by atoms with E-state index in [4.69, 9.17) is 0 Å². The zero-order chi connectivity index (χ0) is 13.0. The van der Waals surface area contributed by atoms with Crippen molar-refractivity contribution >= 4 is 21.8 Å². The van der Waals surface area contributed by atoms with Gasteiger partial charge in [0.25, 0.3) is 5.91 Å². The van der Waals surface area contributed by atoms with Crippen molar-refractivity contribution in [2.24, 2.45) is 0 Å². The number of hydrogen-bond acceptors (Lipinski definition) is 3. The normalized spacial score (nSPS) is 12.1. The first kappa shape index (κ1) is 12.8. The van der Waals surface area contributed by atoms with Gasteiger partial charge in [-0.1, -0.05) is 0 Å². The Morgan fingerprint density at radius 3 is 3.00 bits per heavy atom. The molecule has 1 atom stereocenters. The quantitative estimate of drug-likeness (QED) is 0.938. The maximum absolute atomic E-state index is 12.0. The van der Waals surface area contributed by atoms with E-state index in [1.165, 1.54) is 0 Å². The molecular formula is C12H13BrN4O. The molecule has 1 unspecified atom stereocenters. The fourth-order valence-corrected chi connectivity index (χ4v) is 2.01. The fraction of sp³-hybridized carbons (Fsp3) is 0.250. The third-order valence-corrected chi connectivity index (χ3v) is 3.01. The Balaban J connectivity index is 1.97. The molecule has 5 nitrogen and oxygen atoms in total. The molecule has 18 heavy (non-hydrogen) atoms. The minimum atomic E-state index is -0.192. The molecule has 0 fully saturated rings. The smallest absolute Gasteiger partial charge is 0.271 e. The molecule has 94 valence electrons. The van der Waals surface area contributed by atoms with Crippen LogP contribution in [0.2, 0.25) is 0 Å². The molecule has 0 aliphatic rings. The van der Waals surface area contributed by atoms with Crippen molar-refractivity contribution in [2.75, 3.05) is 0 Å². The van der Waals surface area contributed by atoms with Crippen LogP contribution in [0.15, 0.2) is 41.3 Å². The van der Waals surface area contributed by atoms with Gasteiger partial charge in [-0.2, -0.15) is 5.10 Å². The Morgan fingerprint density at radius 1 is 1.50 bits per heavy atom. The number of aromatic nitrogens is 3. The zero-order valence-electron chi connectivity index (χ0n) is 9.88. The summed E-state index contributed by atoms with van der Waals surface area (Å²) in [6, 6.07) is 5.39. The van der Waals surface area contributed by atoms with E-state index in [1.54, 1.807) is 29.2 Å². The Kier molecular flexibility index (Phi) is 4.09. The van der Waals surface area contributed by atoms with Crippen molar-refractivity contribution in [3.05, 3.63) is 47.0 Å². The monoisotopic (exact) mass is 308 g/mol. The highest BCUT2D eigenvalue weighted by atomic mass is 79.9. The van der Waals surface area contributed by atoms with Crippen molar-refractivity contribution in [3.8, 4) is 0 Å². The van der Waals surface area contributed by atoms with Gasteiger partial charge in [0.2, 0.25) is 0 Å². The molecule has 0 aliphatic carbocycles. The van der Waals surface area contributed by atoms with E-state index in [2.05, 4.69) is 31.3 Å². The van der Waals surface area contributed by atoms with Crippen LogP contribution >= 0.6 is 15.9 Å². The molecule has 0 aliphatic heterocycles. The molecule has 6 heteroatoms. The molecule has 0 saturated carbocycles. The van der Waals surface area contributed by atoms with Crippen LogP contribution in [0.4, 0.5) is 0 Å². The van der Waals surface area contributed by atoms with Crippen LogP contribution in [-0.2, 0) is 6.54 Å². The van der Waals surface area contributed by atoms with Crippen LogP contribution in [0.3, 0.4) is 0 Å². The molecule has 2 aromatic rings. The van der Waals surface area contributed by atoms with Gasteiger partial charge in [0.1, 0.15) is 5.69 Å². The van der Waals surface area contributed by atoms with Crippen LogP contribution < -0.4 is 5.32 Å². The summed E-state index contributed by atoms with van der Waals surface area (Å²) in [5.74, 6) is -0.192. The van der Waals surface area contributed by atoms with E-state index in [9.17, 15) is 4.79 Å². The Morgan fingerprint density at radius 2 is 2.33 bits per heavy atom. The highest BCUT2D eigenvalue weighted by molar-refractivity contribution is 9.10. The average Bonchev–Trinajstić information content (AvgIpc) is 2.82. The summed E-state index contributed by atoms with van der Waals surface area (Å²) in [4.78, 5) is 16.0. The molecule has 0 aromatic carbocycles. The van der Waals surface area contributed by atoms with Crippen LogP contribution in [-0.4, -0.2) is 26.7 Å². The molecule has 1 N–H and O–H groups in total. The second-order valence-corrected chi connectivity index (χ2v) is 4.79. The molecule has 2 aromatic heterocycles. The molecule has 1 amide bonds. The minimum Gasteiger partial charge on any atom is -0.346 e. The van der Waals surface area contributed by atoms with Gasteiger partial charge in [0.15, 0.2) is 0 Å². The number of carbonyl (C=O) groups excluding carboxylic acids is 1. The molecule has 0 saturated heterocycles. The molecule has 0 spiro atoms. The number of pyridine rings is 1. The van der Waals surface area contributed by atoms with Crippen molar-refractivity contribution in [1.82, 2.24) is 20.1 Å². The van der Waals surface area contributed by atoms with Gasteiger partial charge in [0, 0.05) is 29.1 Å². The topological polar surface area (TPSA) is 59.8 Å². The van der Waals surface area contributed by atoms with Crippen LogP contribution in [0.1, 0.15) is 17.4 Å². The summed E-state index contributed by atoms with van der Waals surface area (Å²) < 4.78 is 2.46. The number of halogens is 1. The van der Waals surface area contributed by atoms with Gasteiger partial charge >= 0.3 is 0 Å². The largest absolute Gasteiger partial charge is 0.346 e. The number of rotatable bonds is 4. The van der Waals surface area contributed by atoms with Gasteiger partial charge in [0.05, 0.1) is 6.54 Å². The number of hydrogen-bond donors (Lipinski definition) is 1. The lowest BCUT2D eigenvalue weighted by atomic mass is 10.3. The lowest BCUT2D eigenvalue weighted by Gasteiger charge is -2.14. The highest BCUT2D eigenvalue weighted by Gasteiger charge is 2.13. The van der Waals surface area contributed by atoms with E-state index in [0.29, 0.717) is 16.7 Å². The first-order chi connectivity index (χ1) is 8.66. The predicted molar refractivity (Wildman–Crippen MR) is 71.1 cm³/mol. The SMILES string of the molecule is CC(Cn1cccn1)NC(=O)c1ncccc1Br. The first-order valence-electron chi connectivity index (χ1n) is 5.55. The summed E-state index contributed by atoms with van der Waals surface area (Å²) in [6.45, 7) is 2.56. The highest BCUT2D eigenvalue weighted by Crippen LogP contribution is 2.13. The maximum atomic E-state index is 12.0. The third kappa shape index (κ3) is 3.16. The fourth-order valence-electron chi connectivity index (χ4n) is 1.58. The van der Waals surface area contributed by atoms with E-state index < -0.39 is 0 Å². The van der Waals surface area contributed by atoms with Crippen molar-refractivity contribution in [3.63, 3.8) is 0 Å². The van der Waals surface area contributed by atoms with Gasteiger partial charge in [-0.15, -0.1) is 0 Å². The Bertz CT molecular complexity index is 527. The second-order valence-electron chi connectivity index (χ2n) is 3.94. The summed E-state index contributed by atoms with van der Waals surface area (Å²) in [5.41, 5.74) is 0.393. The third-order valence-electron chi connectivity index (χ3n) is 2.37. The second kappa shape index (κ2) is 5.77. The van der Waals surface area contributed by atoms with E-state index in [1.807, 2.05) is 19.2 Å². The van der Waals surface area contributed by atoms with Gasteiger partial charge in [-0.3, -0.25) is 9.48 Å². The van der Waals surface area contributed by atoms with E-state index in [-0.39, 0.29) is 11.9 Å². The summed E-state index contributed by atoms with van der Waals surface area (Å²) in [7, 11) is 0. The summed E-state index contributed by atoms with van der Waals surface area (Å²) in [5, 5.41) is 6.98. The molecule has 0 bridgehead atoms. The minimum absolute atomic E-state index is 0.0219. The number of amides is 1. The number of carbonyl (C=O) groups is 1. The van der Waals surface area contributed by atoms with Crippen molar-refractivity contribution in [2.45, 2.75) is 19.5 Å². The van der Waals surface area contributed by atoms with Crippen LogP contribution in [0.25, 0.3) is 0 Å². The first-order valence-corrected chi connectivity index (χ1v) is 6.35. The lowest BCUT2D eigenvalue weighted by Crippen LogP contribution is -2.36.